The van der Waals surface area contributed by atoms with Crippen molar-refractivity contribution in [2.45, 2.75) is 18.6 Å². The molecule has 4 heteroatoms. The Kier molecular flexibility index (Phi) is 5.12. The largest absolute Gasteiger partial charge is 0.375 e. The van der Waals surface area contributed by atoms with Gasteiger partial charge in [0.05, 0.1) is 6.10 Å². The molecule has 0 heterocycles. The van der Waals surface area contributed by atoms with Crippen molar-refractivity contribution >= 4 is 11.6 Å². The van der Waals surface area contributed by atoms with E-state index >= 15 is 0 Å². The summed E-state index contributed by atoms with van der Waals surface area (Å²) in [4.78, 5) is 0. The van der Waals surface area contributed by atoms with Crippen molar-refractivity contribution in [3.63, 3.8) is 0 Å². The van der Waals surface area contributed by atoms with Crippen LogP contribution in [0.1, 0.15) is 17.2 Å². The van der Waals surface area contributed by atoms with Crippen LogP contribution in [0.4, 0.5) is 4.39 Å². The minimum atomic E-state index is -0.348. The van der Waals surface area contributed by atoms with Gasteiger partial charge in [0.25, 0.3) is 0 Å². The van der Waals surface area contributed by atoms with Crippen LogP contribution < -0.4 is 5.73 Å². The Hall–Kier alpha value is -1.42. The third-order valence-electron chi connectivity index (χ3n) is 3.24. The van der Waals surface area contributed by atoms with E-state index in [0.717, 1.165) is 11.1 Å². The quantitative estimate of drug-likeness (QED) is 0.911. The van der Waals surface area contributed by atoms with Crippen LogP contribution in [0.3, 0.4) is 0 Å². The molecule has 0 spiro atoms. The molecule has 2 aromatic rings. The van der Waals surface area contributed by atoms with Gasteiger partial charge in [-0.3, -0.25) is 0 Å². The minimum Gasteiger partial charge on any atom is -0.375 e. The fourth-order valence-electron chi connectivity index (χ4n) is 2.25. The van der Waals surface area contributed by atoms with E-state index in [9.17, 15) is 4.39 Å². The summed E-state index contributed by atoms with van der Waals surface area (Å²) in [5, 5.41) is 0.392. The first-order chi connectivity index (χ1) is 9.61. The molecule has 0 radical (unpaired) electrons. The first-order valence-corrected chi connectivity index (χ1v) is 6.77. The maximum Gasteiger partial charge on any atom is 0.124 e. The summed E-state index contributed by atoms with van der Waals surface area (Å²) in [5.74, 6) is -0.348. The Balaban J connectivity index is 2.15. The number of halogens is 2. The zero-order valence-corrected chi connectivity index (χ0v) is 12.0. The van der Waals surface area contributed by atoms with E-state index < -0.39 is 0 Å². The van der Waals surface area contributed by atoms with Crippen molar-refractivity contribution in [2.75, 3.05) is 7.11 Å². The molecule has 0 fully saturated rings. The third kappa shape index (κ3) is 3.57. The molecule has 2 N–H and O–H groups in total. The molecule has 2 aromatic carbocycles. The van der Waals surface area contributed by atoms with Crippen LogP contribution in [0.5, 0.6) is 0 Å². The summed E-state index contributed by atoms with van der Waals surface area (Å²) in [5.41, 5.74) is 8.05. The van der Waals surface area contributed by atoms with Gasteiger partial charge < -0.3 is 10.5 Å². The second-order valence-electron chi connectivity index (χ2n) is 4.67. The molecule has 0 amide bonds. The first kappa shape index (κ1) is 15.0. The summed E-state index contributed by atoms with van der Waals surface area (Å²) in [7, 11) is 1.63. The molecule has 2 atom stereocenters. The molecule has 0 saturated carbocycles. The fraction of sp³-hybridized carbons (Fsp3) is 0.250. The first-order valence-electron chi connectivity index (χ1n) is 6.39. The van der Waals surface area contributed by atoms with E-state index in [-0.39, 0.29) is 18.0 Å². The molecule has 2 unspecified atom stereocenters. The highest BCUT2D eigenvalue weighted by Gasteiger charge is 2.20. The van der Waals surface area contributed by atoms with Crippen molar-refractivity contribution in [3.8, 4) is 0 Å². The summed E-state index contributed by atoms with van der Waals surface area (Å²) < 4.78 is 18.5. The molecule has 2 rings (SSSR count). The lowest BCUT2D eigenvalue weighted by Gasteiger charge is -2.23. The molecule has 20 heavy (non-hydrogen) atoms. The van der Waals surface area contributed by atoms with Gasteiger partial charge >= 0.3 is 0 Å². The van der Waals surface area contributed by atoms with E-state index in [1.807, 2.05) is 30.3 Å². The van der Waals surface area contributed by atoms with Gasteiger partial charge in [-0.15, -0.1) is 0 Å². The smallest absolute Gasteiger partial charge is 0.124 e. The summed E-state index contributed by atoms with van der Waals surface area (Å²) >= 11 is 6.03. The zero-order chi connectivity index (χ0) is 14.5. The SMILES string of the molecule is COC(c1ccccc1)C(N)Cc1ccc(F)cc1Cl. The van der Waals surface area contributed by atoms with Crippen LogP contribution in [0.25, 0.3) is 0 Å². The third-order valence-corrected chi connectivity index (χ3v) is 3.59. The predicted octanol–water partition coefficient (Wildman–Crippen LogP) is 3.74. The van der Waals surface area contributed by atoms with E-state index in [1.54, 1.807) is 13.2 Å². The van der Waals surface area contributed by atoms with Crippen molar-refractivity contribution in [1.29, 1.82) is 0 Å². The number of hydrogen-bond donors (Lipinski definition) is 1. The number of benzene rings is 2. The van der Waals surface area contributed by atoms with E-state index in [4.69, 9.17) is 22.1 Å². The second-order valence-corrected chi connectivity index (χ2v) is 5.08. The van der Waals surface area contributed by atoms with Crippen LogP contribution in [0.15, 0.2) is 48.5 Å². The molecule has 106 valence electrons. The lowest BCUT2D eigenvalue weighted by atomic mass is 9.96. The monoisotopic (exact) mass is 293 g/mol. The van der Waals surface area contributed by atoms with Crippen LogP contribution in [-0.2, 0) is 11.2 Å². The van der Waals surface area contributed by atoms with E-state index in [2.05, 4.69) is 0 Å². The molecule has 0 aliphatic rings. The summed E-state index contributed by atoms with van der Waals surface area (Å²) in [6.45, 7) is 0. The highest BCUT2D eigenvalue weighted by Crippen LogP contribution is 2.25. The Morgan fingerprint density at radius 1 is 1.20 bits per heavy atom. The Morgan fingerprint density at radius 3 is 2.50 bits per heavy atom. The van der Waals surface area contributed by atoms with Crippen LogP contribution in [0.2, 0.25) is 5.02 Å². The summed E-state index contributed by atoms with van der Waals surface area (Å²) in [6, 6.07) is 13.9. The van der Waals surface area contributed by atoms with Crippen molar-refractivity contribution in [1.82, 2.24) is 0 Å². The van der Waals surface area contributed by atoms with Crippen LogP contribution >= 0.6 is 11.6 Å². The van der Waals surface area contributed by atoms with Gasteiger partial charge in [-0.05, 0) is 29.7 Å². The average Bonchev–Trinajstić information content (AvgIpc) is 2.44. The number of rotatable bonds is 5. The Labute approximate surface area is 123 Å². The van der Waals surface area contributed by atoms with Crippen LogP contribution in [-0.4, -0.2) is 13.2 Å². The highest BCUT2D eigenvalue weighted by molar-refractivity contribution is 6.31. The van der Waals surface area contributed by atoms with Gasteiger partial charge in [0.2, 0.25) is 0 Å². The fourth-order valence-corrected chi connectivity index (χ4v) is 2.49. The molecule has 0 aromatic heterocycles. The maximum atomic E-state index is 13.0. The van der Waals surface area contributed by atoms with E-state index in [1.165, 1.54) is 12.1 Å². The van der Waals surface area contributed by atoms with Gasteiger partial charge in [0.1, 0.15) is 5.82 Å². The number of nitrogens with two attached hydrogens (primary N) is 1. The van der Waals surface area contributed by atoms with Gasteiger partial charge in [0, 0.05) is 18.2 Å². The Bertz CT molecular complexity index is 562. The zero-order valence-electron chi connectivity index (χ0n) is 11.2. The molecule has 0 aliphatic heterocycles. The molecular formula is C16H17ClFNO. The number of methoxy groups -OCH3 is 1. The molecule has 0 bridgehead atoms. The maximum absolute atomic E-state index is 13.0. The van der Waals surface area contributed by atoms with Gasteiger partial charge in [0.15, 0.2) is 0 Å². The number of ether oxygens (including phenoxy) is 1. The average molecular weight is 294 g/mol. The van der Waals surface area contributed by atoms with Crippen molar-refractivity contribution in [3.05, 3.63) is 70.5 Å². The minimum absolute atomic E-state index is 0.225. The second kappa shape index (κ2) is 6.84. The molecular weight excluding hydrogens is 277 g/mol. The molecule has 0 aliphatic carbocycles. The predicted molar refractivity (Wildman–Crippen MR) is 79.3 cm³/mol. The topological polar surface area (TPSA) is 35.2 Å². The Morgan fingerprint density at radius 2 is 1.90 bits per heavy atom. The van der Waals surface area contributed by atoms with Crippen molar-refractivity contribution in [2.24, 2.45) is 5.73 Å². The van der Waals surface area contributed by atoms with Gasteiger partial charge in [-0.1, -0.05) is 48.0 Å². The van der Waals surface area contributed by atoms with Crippen LogP contribution in [0, 0.1) is 5.82 Å². The van der Waals surface area contributed by atoms with E-state index in [0.29, 0.717) is 11.4 Å². The number of hydrogen-bond acceptors (Lipinski definition) is 2. The lowest BCUT2D eigenvalue weighted by molar-refractivity contribution is 0.0803. The standard InChI is InChI=1S/C16H17ClFNO/c1-20-16(11-5-3-2-4-6-11)15(19)9-12-7-8-13(18)10-14(12)17/h2-8,10,15-16H,9,19H2,1H3. The normalized spacial score (nSPS) is 14.0. The highest BCUT2D eigenvalue weighted by atomic mass is 35.5. The van der Waals surface area contributed by atoms with Gasteiger partial charge in [-0.25, -0.2) is 4.39 Å². The van der Waals surface area contributed by atoms with Gasteiger partial charge in [-0.2, -0.15) is 0 Å². The summed E-state index contributed by atoms with van der Waals surface area (Å²) in [6.07, 6.45) is 0.296. The van der Waals surface area contributed by atoms with Crippen molar-refractivity contribution < 1.29 is 9.13 Å². The molecule has 2 nitrogen and oxygen atoms in total. The lowest BCUT2D eigenvalue weighted by Crippen LogP contribution is -2.32. The molecule has 0 saturated heterocycles.